The number of carbonyl (C=O) groups is 2. The molecule has 0 aliphatic heterocycles. The number of rotatable bonds is 5. The zero-order valence-corrected chi connectivity index (χ0v) is 12.2. The molecule has 1 heterocycles. The van der Waals surface area contributed by atoms with Gasteiger partial charge >= 0.3 is 5.97 Å². The maximum atomic E-state index is 12.1. The number of methoxy groups -OCH3 is 1. The number of ether oxygens (including phenoxy) is 1. The van der Waals surface area contributed by atoms with Crippen LogP contribution in [0, 0.1) is 17.8 Å². The smallest absolute Gasteiger partial charge is 0.311 e. The van der Waals surface area contributed by atoms with Gasteiger partial charge in [0.1, 0.15) is 5.76 Å². The quantitative estimate of drug-likeness (QED) is 0.842. The van der Waals surface area contributed by atoms with Gasteiger partial charge in [0.05, 0.1) is 19.3 Å². The molecule has 1 aromatic rings. The number of furan rings is 1. The summed E-state index contributed by atoms with van der Waals surface area (Å²) in [6.45, 7) is 0. The number of aryl methyl sites for hydroxylation is 1. The van der Waals surface area contributed by atoms with E-state index in [1.54, 1.807) is 6.26 Å². The minimum absolute atomic E-state index is 0.0159. The SMILES string of the molecule is COC(=O)C1C2CCC(C2)C1NC(=O)CCc1ccco1. The van der Waals surface area contributed by atoms with Gasteiger partial charge in [-0.15, -0.1) is 0 Å². The van der Waals surface area contributed by atoms with E-state index in [-0.39, 0.29) is 23.8 Å². The molecule has 1 amide bonds. The summed E-state index contributed by atoms with van der Waals surface area (Å²) >= 11 is 0. The predicted molar refractivity (Wildman–Crippen MR) is 75.3 cm³/mol. The second-order valence-electron chi connectivity index (χ2n) is 6.05. The highest BCUT2D eigenvalue weighted by Crippen LogP contribution is 2.48. The van der Waals surface area contributed by atoms with Gasteiger partial charge in [-0.3, -0.25) is 9.59 Å². The molecule has 0 aromatic carbocycles. The summed E-state index contributed by atoms with van der Waals surface area (Å²) in [6.07, 6.45) is 5.78. The minimum atomic E-state index is -0.182. The van der Waals surface area contributed by atoms with Crippen molar-refractivity contribution in [2.75, 3.05) is 7.11 Å². The van der Waals surface area contributed by atoms with Gasteiger partial charge < -0.3 is 14.5 Å². The molecule has 2 fully saturated rings. The zero-order valence-electron chi connectivity index (χ0n) is 12.2. The van der Waals surface area contributed by atoms with Crippen molar-refractivity contribution in [1.82, 2.24) is 5.32 Å². The van der Waals surface area contributed by atoms with Crippen LogP contribution in [-0.4, -0.2) is 25.0 Å². The van der Waals surface area contributed by atoms with Crippen molar-refractivity contribution < 1.29 is 18.7 Å². The number of hydrogen-bond acceptors (Lipinski definition) is 4. The number of amides is 1. The lowest BCUT2D eigenvalue weighted by Gasteiger charge is -2.29. The molecule has 0 spiro atoms. The van der Waals surface area contributed by atoms with Gasteiger partial charge in [-0.05, 0) is 43.2 Å². The summed E-state index contributed by atoms with van der Waals surface area (Å²) < 4.78 is 10.1. The Hall–Kier alpha value is -1.78. The number of carbonyl (C=O) groups excluding carboxylic acids is 2. The lowest BCUT2D eigenvalue weighted by atomic mass is 9.84. The Bertz CT molecular complexity index is 510. The van der Waals surface area contributed by atoms with Crippen LogP contribution in [0.3, 0.4) is 0 Å². The van der Waals surface area contributed by atoms with E-state index in [4.69, 9.17) is 9.15 Å². The maximum Gasteiger partial charge on any atom is 0.311 e. The first-order valence-corrected chi connectivity index (χ1v) is 7.58. The molecule has 114 valence electrons. The molecular weight excluding hydrogens is 270 g/mol. The molecule has 4 unspecified atom stereocenters. The average molecular weight is 291 g/mol. The molecule has 5 heteroatoms. The Balaban J connectivity index is 1.57. The van der Waals surface area contributed by atoms with Crippen LogP contribution in [0.5, 0.6) is 0 Å². The van der Waals surface area contributed by atoms with E-state index in [1.165, 1.54) is 7.11 Å². The standard InChI is InChI=1S/C16H21NO4/c1-20-16(19)14-10-4-5-11(9-10)15(14)17-13(18)7-6-12-3-2-8-21-12/h2-3,8,10-11,14-15H,4-7,9H2,1H3,(H,17,18). The first kappa shape index (κ1) is 14.2. The fourth-order valence-electron chi connectivity index (χ4n) is 3.92. The Morgan fingerprint density at radius 3 is 2.90 bits per heavy atom. The van der Waals surface area contributed by atoms with E-state index >= 15 is 0 Å². The fourth-order valence-corrected chi connectivity index (χ4v) is 3.92. The van der Waals surface area contributed by atoms with Crippen molar-refractivity contribution in [3.63, 3.8) is 0 Å². The molecular formula is C16H21NO4. The van der Waals surface area contributed by atoms with E-state index < -0.39 is 0 Å². The van der Waals surface area contributed by atoms with Crippen molar-refractivity contribution in [3.05, 3.63) is 24.2 Å². The van der Waals surface area contributed by atoms with E-state index in [1.807, 2.05) is 12.1 Å². The largest absolute Gasteiger partial charge is 0.469 e. The van der Waals surface area contributed by atoms with Gasteiger partial charge in [-0.25, -0.2) is 0 Å². The topological polar surface area (TPSA) is 68.5 Å². The summed E-state index contributed by atoms with van der Waals surface area (Å²) in [4.78, 5) is 24.1. The third-order valence-corrected chi connectivity index (χ3v) is 4.90. The highest BCUT2D eigenvalue weighted by Gasteiger charge is 2.51. The van der Waals surface area contributed by atoms with Gasteiger partial charge in [0.2, 0.25) is 5.91 Å². The van der Waals surface area contributed by atoms with Crippen LogP contribution in [0.25, 0.3) is 0 Å². The molecule has 4 atom stereocenters. The van der Waals surface area contributed by atoms with E-state index in [0.717, 1.165) is 25.0 Å². The molecule has 2 aliphatic carbocycles. The summed E-state index contributed by atoms with van der Waals surface area (Å²) in [7, 11) is 1.42. The van der Waals surface area contributed by atoms with Crippen LogP contribution in [-0.2, 0) is 20.7 Å². The molecule has 2 aliphatic rings. The number of fused-ring (bicyclic) bond motifs is 2. The van der Waals surface area contributed by atoms with E-state index in [2.05, 4.69) is 5.32 Å². The monoisotopic (exact) mass is 291 g/mol. The van der Waals surface area contributed by atoms with Crippen LogP contribution >= 0.6 is 0 Å². The summed E-state index contributed by atoms with van der Waals surface area (Å²) in [5.41, 5.74) is 0. The lowest BCUT2D eigenvalue weighted by Crippen LogP contribution is -2.47. The second-order valence-corrected chi connectivity index (χ2v) is 6.05. The van der Waals surface area contributed by atoms with Gasteiger partial charge in [-0.2, -0.15) is 0 Å². The molecule has 2 bridgehead atoms. The number of nitrogens with one attached hydrogen (secondary N) is 1. The van der Waals surface area contributed by atoms with Crippen molar-refractivity contribution in [2.45, 2.75) is 38.1 Å². The Morgan fingerprint density at radius 2 is 2.19 bits per heavy atom. The average Bonchev–Trinajstić information content (AvgIpc) is 3.21. The highest BCUT2D eigenvalue weighted by molar-refractivity contribution is 5.79. The normalized spacial score (nSPS) is 30.3. The lowest BCUT2D eigenvalue weighted by molar-refractivity contribution is -0.148. The molecule has 2 saturated carbocycles. The van der Waals surface area contributed by atoms with Crippen LogP contribution in [0.15, 0.2) is 22.8 Å². The highest BCUT2D eigenvalue weighted by atomic mass is 16.5. The van der Waals surface area contributed by atoms with Crippen molar-refractivity contribution >= 4 is 11.9 Å². The maximum absolute atomic E-state index is 12.1. The Labute approximate surface area is 124 Å². The summed E-state index contributed by atoms with van der Waals surface area (Å²) in [5.74, 6) is 1.24. The van der Waals surface area contributed by atoms with Gasteiger partial charge in [0, 0.05) is 18.9 Å². The molecule has 0 saturated heterocycles. The third-order valence-electron chi connectivity index (χ3n) is 4.90. The third kappa shape index (κ3) is 2.82. The van der Waals surface area contributed by atoms with Crippen molar-refractivity contribution in [2.24, 2.45) is 17.8 Å². The molecule has 5 nitrogen and oxygen atoms in total. The van der Waals surface area contributed by atoms with Crippen LogP contribution in [0.2, 0.25) is 0 Å². The Kier molecular flexibility index (Phi) is 3.99. The molecule has 1 aromatic heterocycles. The van der Waals surface area contributed by atoms with Crippen molar-refractivity contribution in [1.29, 1.82) is 0 Å². The first-order valence-electron chi connectivity index (χ1n) is 7.58. The number of hydrogen-bond donors (Lipinski definition) is 1. The van der Waals surface area contributed by atoms with Crippen molar-refractivity contribution in [3.8, 4) is 0 Å². The molecule has 0 radical (unpaired) electrons. The fraction of sp³-hybridized carbons (Fsp3) is 0.625. The van der Waals surface area contributed by atoms with Crippen LogP contribution in [0.1, 0.15) is 31.4 Å². The molecule has 3 rings (SSSR count). The number of esters is 1. The van der Waals surface area contributed by atoms with Gasteiger partial charge in [-0.1, -0.05) is 0 Å². The first-order chi connectivity index (χ1) is 10.2. The molecule has 1 N–H and O–H groups in total. The second kappa shape index (κ2) is 5.92. The van der Waals surface area contributed by atoms with Gasteiger partial charge in [0.25, 0.3) is 0 Å². The summed E-state index contributed by atoms with van der Waals surface area (Å²) in [5, 5.41) is 3.06. The van der Waals surface area contributed by atoms with Crippen LogP contribution < -0.4 is 5.32 Å². The van der Waals surface area contributed by atoms with Gasteiger partial charge in [0.15, 0.2) is 0 Å². The van der Waals surface area contributed by atoms with E-state index in [9.17, 15) is 9.59 Å². The molecule has 21 heavy (non-hydrogen) atoms. The zero-order chi connectivity index (χ0) is 14.8. The van der Waals surface area contributed by atoms with Crippen LogP contribution in [0.4, 0.5) is 0 Å². The Morgan fingerprint density at radius 1 is 1.38 bits per heavy atom. The minimum Gasteiger partial charge on any atom is -0.469 e. The predicted octanol–water partition coefficient (Wildman–Crippen LogP) is 1.92. The van der Waals surface area contributed by atoms with E-state index in [0.29, 0.717) is 24.7 Å². The summed E-state index contributed by atoms with van der Waals surface area (Å²) in [6, 6.07) is 3.62.